The number of nitrogens with zero attached hydrogens (tertiary/aromatic N) is 2. The molecule has 0 spiro atoms. The van der Waals surface area contributed by atoms with Crippen LogP contribution in [0, 0.1) is 0 Å². The second-order valence-electron chi connectivity index (χ2n) is 12.5. The molecule has 2 heterocycles. The smallest absolute Gasteiger partial charge is 0.136 e. The Morgan fingerprint density at radius 1 is 0.367 bits per heavy atom. The van der Waals surface area contributed by atoms with Gasteiger partial charge in [-0.25, -0.2) is 0 Å². The Morgan fingerprint density at radius 2 is 0.939 bits per heavy atom. The highest BCUT2D eigenvalue weighted by atomic mass is 16.3. The highest BCUT2D eigenvalue weighted by Gasteiger charge is 2.19. The maximum atomic E-state index is 6.28. The number of rotatable bonds is 5. The van der Waals surface area contributed by atoms with Crippen LogP contribution in [0.25, 0.3) is 71.3 Å². The molecular formula is C46H30N2O. The molecule has 0 amide bonds. The molecule has 0 saturated heterocycles. The van der Waals surface area contributed by atoms with E-state index in [0.29, 0.717) is 0 Å². The van der Waals surface area contributed by atoms with E-state index in [1.54, 1.807) is 0 Å². The minimum Gasteiger partial charge on any atom is -0.456 e. The molecule has 0 aliphatic carbocycles. The Hall–Kier alpha value is -6.58. The average Bonchev–Trinajstić information content (AvgIpc) is 3.72. The van der Waals surface area contributed by atoms with Crippen molar-refractivity contribution in [1.29, 1.82) is 0 Å². The molecule has 8 aromatic carbocycles. The monoisotopic (exact) mass is 626 g/mol. The summed E-state index contributed by atoms with van der Waals surface area (Å²) in [4.78, 5) is 2.38. The van der Waals surface area contributed by atoms with Crippen molar-refractivity contribution in [2.24, 2.45) is 0 Å². The zero-order chi connectivity index (χ0) is 32.3. The summed E-state index contributed by atoms with van der Waals surface area (Å²) >= 11 is 0. The molecule has 0 N–H and O–H groups in total. The molecule has 0 saturated carbocycles. The zero-order valence-corrected chi connectivity index (χ0v) is 26.6. The van der Waals surface area contributed by atoms with E-state index < -0.39 is 0 Å². The second kappa shape index (κ2) is 11.0. The molecule has 0 fully saturated rings. The van der Waals surface area contributed by atoms with E-state index in [4.69, 9.17) is 4.42 Å². The summed E-state index contributed by atoms with van der Waals surface area (Å²) in [6.45, 7) is 0. The molecule has 0 aliphatic heterocycles. The molecule has 0 atom stereocenters. The third-order valence-electron chi connectivity index (χ3n) is 9.80. The highest BCUT2D eigenvalue weighted by Crippen LogP contribution is 2.43. The molecule has 3 heteroatoms. The van der Waals surface area contributed by atoms with Gasteiger partial charge < -0.3 is 13.9 Å². The molecular weight excluding hydrogens is 597 g/mol. The van der Waals surface area contributed by atoms with Crippen LogP contribution < -0.4 is 4.90 Å². The number of fused-ring (bicyclic) bond motifs is 8. The van der Waals surface area contributed by atoms with Gasteiger partial charge in [0.15, 0.2) is 0 Å². The van der Waals surface area contributed by atoms with E-state index >= 15 is 0 Å². The van der Waals surface area contributed by atoms with Gasteiger partial charge >= 0.3 is 0 Å². The fourth-order valence-electron chi connectivity index (χ4n) is 7.57. The fraction of sp³-hybridized carbons (Fsp3) is 0. The summed E-state index contributed by atoms with van der Waals surface area (Å²) in [5.41, 5.74) is 11.0. The number of benzene rings is 8. The van der Waals surface area contributed by atoms with Crippen molar-refractivity contribution >= 4 is 71.6 Å². The first-order chi connectivity index (χ1) is 24.3. The van der Waals surface area contributed by atoms with E-state index in [1.807, 2.05) is 12.1 Å². The summed E-state index contributed by atoms with van der Waals surface area (Å²) in [7, 11) is 0. The summed E-state index contributed by atoms with van der Waals surface area (Å²) in [5, 5.41) is 7.14. The number of furan rings is 1. The van der Waals surface area contributed by atoms with Crippen LogP contribution in [0.1, 0.15) is 0 Å². The van der Waals surface area contributed by atoms with Crippen molar-refractivity contribution in [3.8, 4) is 16.8 Å². The van der Waals surface area contributed by atoms with Crippen molar-refractivity contribution < 1.29 is 4.42 Å². The van der Waals surface area contributed by atoms with Crippen LogP contribution in [-0.2, 0) is 0 Å². The molecule has 2 aromatic heterocycles. The Balaban J connectivity index is 1.17. The van der Waals surface area contributed by atoms with Crippen LogP contribution in [0.2, 0.25) is 0 Å². The Labute approximate surface area is 283 Å². The number of anilines is 3. The second-order valence-corrected chi connectivity index (χ2v) is 12.5. The van der Waals surface area contributed by atoms with Gasteiger partial charge in [0.05, 0.1) is 16.7 Å². The number of hydrogen-bond acceptors (Lipinski definition) is 2. The van der Waals surface area contributed by atoms with Gasteiger partial charge in [0.25, 0.3) is 0 Å². The van der Waals surface area contributed by atoms with E-state index in [0.717, 1.165) is 44.7 Å². The molecule has 0 radical (unpaired) electrons. The SMILES string of the molecule is c1ccc(-c2ccc(N(c3ccc(-n4c5ccccc5c5ccccc54)cc3)c3cccc4c3ccc3oc5ccccc5c34)cc2)cc1. The Kier molecular flexibility index (Phi) is 6.18. The van der Waals surface area contributed by atoms with Gasteiger partial charge in [-0.1, -0.05) is 109 Å². The van der Waals surface area contributed by atoms with Gasteiger partial charge in [-0.2, -0.15) is 0 Å². The Bertz CT molecular complexity index is 2750. The molecule has 10 rings (SSSR count). The molecule has 3 nitrogen and oxygen atoms in total. The van der Waals surface area contributed by atoms with Gasteiger partial charge in [0.2, 0.25) is 0 Å². The third-order valence-corrected chi connectivity index (χ3v) is 9.80. The van der Waals surface area contributed by atoms with Crippen LogP contribution in [0.15, 0.2) is 186 Å². The van der Waals surface area contributed by atoms with Gasteiger partial charge in [0.1, 0.15) is 11.2 Å². The maximum Gasteiger partial charge on any atom is 0.136 e. The van der Waals surface area contributed by atoms with E-state index in [9.17, 15) is 0 Å². The summed E-state index contributed by atoms with van der Waals surface area (Å²) in [6.07, 6.45) is 0. The third kappa shape index (κ3) is 4.37. The summed E-state index contributed by atoms with van der Waals surface area (Å²) in [5.74, 6) is 0. The van der Waals surface area contributed by atoms with Crippen LogP contribution in [0.5, 0.6) is 0 Å². The quantitative estimate of drug-likeness (QED) is 0.190. The van der Waals surface area contributed by atoms with Crippen molar-refractivity contribution in [2.75, 3.05) is 4.90 Å². The predicted molar refractivity (Wildman–Crippen MR) is 206 cm³/mol. The standard InChI is InChI=1S/C46H30N2O/c1-2-11-31(12-3-1)32-21-23-33(24-22-32)47(41-19-10-16-39-38(41)29-30-45-46(39)40-15-6-9-20-44(40)49-45)34-25-27-35(28-26-34)48-42-17-7-4-13-36(42)37-14-5-8-18-43(37)48/h1-30H. The largest absolute Gasteiger partial charge is 0.456 e. The van der Waals surface area contributed by atoms with E-state index in [1.165, 1.54) is 43.7 Å². The lowest BCUT2D eigenvalue weighted by Crippen LogP contribution is -2.10. The molecule has 10 aromatic rings. The molecule has 230 valence electrons. The minimum atomic E-state index is 0.903. The van der Waals surface area contributed by atoms with E-state index in [-0.39, 0.29) is 0 Å². The minimum absolute atomic E-state index is 0.903. The van der Waals surface area contributed by atoms with Gasteiger partial charge in [0, 0.05) is 44.0 Å². The van der Waals surface area contributed by atoms with Crippen molar-refractivity contribution in [3.05, 3.63) is 182 Å². The van der Waals surface area contributed by atoms with Crippen LogP contribution >= 0.6 is 0 Å². The molecule has 0 bridgehead atoms. The van der Waals surface area contributed by atoms with Crippen LogP contribution in [-0.4, -0.2) is 4.57 Å². The van der Waals surface area contributed by atoms with Crippen molar-refractivity contribution in [3.63, 3.8) is 0 Å². The fourth-order valence-corrected chi connectivity index (χ4v) is 7.57. The van der Waals surface area contributed by atoms with Gasteiger partial charge in [-0.3, -0.25) is 0 Å². The predicted octanol–water partition coefficient (Wildman–Crippen LogP) is 13.0. The maximum absolute atomic E-state index is 6.28. The summed E-state index contributed by atoms with van der Waals surface area (Å²) < 4.78 is 8.65. The lowest BCUT2D eigenvalue weighted by atomic mass is 10.0. The lowest BCUT2D eigenvalue weighted by molar-refractivity contribution is 0.669. The van der Waals surface area contributed by atoms with Crippen molar-refractivity contribution in [2.45, 2.75) is 0 Å². The number of hydrogen-bond donors (Lipinski definition) is 0. The number of aromatic nitrogens is 1. The van der Waals surface area contributed by atoms with Gasteiger partial charge in [-0.15, -0.1) is 0 Å². The Morgan fingerprint density at radius 3 is 1.65 bits per heavy atom. The first-order valence-electron chi connectivity index (χ1n) is 16.7. The van der Waals surface area contributed by atoms with Crippen LogP contribution in [0.4, 0.5) is 17.1 Å². The molecule has 0 aliphatic rings. The summed E-state index contributed by atoms with van der Waals surface area (Å²) in [6, 6.07) is 65.0. The zero-order valence-electron chi connectivity index (χ0n) is 26.6. The van der Waals surface area contributed by atoms with Gasteiger partial charge in [-0.05, 0) is 89.3 Å². The first-order valence-corrected chi connectivity index (χ1v) is 16.7. The molecule has 49 heavy (non-hydrogen) atoms. The highest BCUT2D eigenvalue weighted by molar-refractivity contribution is 6.21. The average molecular weight is 627 g/mol. The lowest BCUT2D eigenvalue weighted by Gasteiger charge is -2.27. The topological polar surface area (TPSA) is 21.3 Å². The van der Waals surface area contributed by atoms with Crippen molar-refractivity contribution in [1.82, 2.24) is 4.57 Å². The normalized spacial score (nSPS) is 11.7. The van der Waals surface area contributed by atoms with E-state index in [2.05, 4.69) is 179 Å². The van der Waals surface area contributed by atoms with Crippen LogP contribution in [0.3, 0.4) is 0 Å². The first kappa shape index (κ1) is 27.5. The number of para-hydroxylation sites is 3. The molecule has 0 unspecified atom stereocenters.